The number of rotatable bonds is 4. The molecule has 0 aromatic heterocycles. The minimum absolute atomic E-state index is 0.268. The molecule has 120 valence electrons. The van der Waals surface area contributed by atoms with E-state index in [9.17, 15) is 22.4 Å². The van der Waals surface area contributed by atoms with Gasteiger partial charge in [0.25, 0.3) is 0 Å². The predicted molar refractivity (Wildman–Crippen MR) is 75.2 cm³/mol. The van der Waals surface area contributed by atoms with Crippen LogP contribution < -0.4 is 4.74 Å². The van der Waals surface area contributed by atoms with Crippen LogP contribution in [0.3, 0.4) is 0 Å². The maximum absolute atomic E-state index is 13.6. The van der Waals surface area contributed by atoms with Crippen molar-refractivity contribution in [2.24, 2.45) is 0 Å². The van der Waals surface area contributed by atoms with E-state index in [1.165, 1.54) is 24.3 Å². The normalized spacial score (nSPS) is 11.7. The molecule has 3 nitrogen and oxygen atoms in total. The van der Waals surface area contributed by atoms with E-state index in [2.05, 4.69) is 4.74 Å². The third-order valence-corrected chi connectivity index (χ3v) is 2.74. The molecule has 0 spiro atoms. The summed E-state index contributed by atoms with van der Waals surface area (Å²) in [6.45, 7) is 0. The number of aliphatic carboxylic acids is 1. The summed E-state index contributed by atoms with van der Waals surface area (Å²) in [5, 5.41) is 8.57. The lowest BCUT2D eigenvalue weighted by atomic mass is 10.0. The first-order valence-corrected chi connectivity index (χ1v) is 6.31. The Labute approximate surface area is 128 Å². The highest BCUT2D eigenvalue weighted by Crippen LogP contribution is 2.29. The molecule has 0 aliphatic carbocycles. The Hall–Kier alpha value is -2.83. The zero-order valence-electron chi connectivity index (χ0n) is 11.5. The maximum Gasteiger partial charge on any atom is 0.573 e. The third kappa shape index (κ3) is 5.14. The summed E-state index contributed by atoms with van der Waals surface area (Å²) in [6, 6.07) is 8.77. The molecular formula is C16H10F4O3. The van der Waals surface area contributed by atoms with Crippen molar-refractivity contribution < 1.29 is 32.2 Å². The topological polar surface area (TPSA) is 46.5 Å². The van der Waals surface area contributed by atoms with Crippen LogP contribution in [-0.2, 0) is 4.79 Å². The second-order valence-corrected chi connectivity index (χ2v) is 4.52. The molecule has 0 fully saturated rings. The lowest BCUT2D eigenvalue weighted by Gasteiger charge is -2.10. The maximum atomic E-state index is 13.6. The van der Waals surface area contributed by atoms with Crippen molar-refractivity contribution in [3.8, 4) is 16.9 Å². The van der Waals surface area contributed by atoms with Crippen LogP contribution in [0.5, 0.6) is 5.75 Å². The zero-order valence-corrected chi connectivity index (χ0v) is 11.5. The molecular weight excluding hydrogens is 316 g/mol. The SMILES string of the molecule is O=C(O)C=Cc1cc(F)cc(-c2cccc(OC(F)(F)F)c2)c1. The average Bonchev–Trinajstić information content (AvgIpc) is 2.43. The molecule has 0 saturated heterocycles. The molecule has 2 aromatic rings. The highest BCUT2D eigenvalue weighted by molar-refractivity contribution is 5.85. The molecule has 0 aliphatic rings. The number of alkyl halides is 3. The number of ether oxygens (including phenoxy) is 1. The van der Waals surface area contributed by atoms with Gasteiger partial charge in [-0.2, -0.15) is 0 Å². The molecule has 7 heteroatoms. The van der Waals surface area contributed by atoms with Crippen LogP contribution in [0.1, 0.15) is 5.56 Å². The van der Waals surface area contributed by atoms with Gasteiger partial charge in [0.15, 0.2) is 0 Å². The second-order valence-electron chi connectivity index (χ2n) is 4.52. The molecule has 23 heavy (non-hydrogen) atoms. The Bertz CT molecular complexity index is 751. The highest BCUT2D eigenvalue weighted by atomic mass is 19.4. The van der Waals surface area contributed by atoms with Crippen molar-refractivity contribution in [2.75, 3.05) is 0 Å². The zero-order chi connectivity index (χ0) is 17.0. The molecule has 2 aromatic carbocycles. The number of hydrogen-bond donors (Lipinski definition) is 1. The van der Waals surface area contributed by atoms with Crippen LogP contribution in [-0.4, -0.2) is 17.4 Å². The molecule has 0 radical (unpaired) electrons. The van der Waals surface area contributed by atoms with Gasteiger partial charge in [0.2, 0.25) is 0 Å². The van der Waals surface area contributed by atoms with Gasteiger partial charge < -0.3 is 9.84 Å². The minimum Gasteiger partial charge on any atom is -0.478 e. The molecule has 2 rings (SSSR count). The first-order valence-electron chi connectivity index (χ1n) is 6.31. The van der Waals surface area contributed by atoms with E-state index in [-0.39, 0.29) is 5.56 Å². The summed E-state index contributed by atoms with van der Waals surface area (Å²) in [6.07, 6.45) is -2.80. The predicted octanol–water partition coefficient (Wildman–Crippen LogP) is 4.49. The van der Waals surface area contributed by atoms with Crippen molar-refractivity contribution in [1.29, 1.82) is 0 Å². The van der Waals surface area contributed by atoms with Crippen molar-refractivity contribution in [2.45, 2.75) is 6.36 Å². The van der Waals surface area contributed by atoms with Crippen molar-refractivity contribution >= 4 is 12.0 Å². The Morgan fingerprint density at radius 3 is 2.48 bits per heavy atom. The largest absolute Gasteiger partial charge is 0.573 e. The number of carboxylic acid groups (broad SMARTS) is 1. The Morgan fingerprint density at radius 2 is 1.83 bits per heavy atom. The van der Waals surface area contributed by atoms with Gasteiger partial charge in [-0.05, 0) is 53.1 Å². The second kappa shape index (κ2) is 6.51. The van der Waals surface area contributed by atoms with E-state index >= 15 is 0 Å². The average molecular weight is 326 g/mol. The van der Waals surface area contributed by atoms with Crippen LogP contribution in [0.4, 0.5) is 17.6 Å². The van der Waals surface area contributed by atoms with E-state index in [0.717, 1.165) is 30.3 Å². The summed E-state index contributed by atoms with van der Waals surface area (Å²) >= 11 is 0. The summed E-state index contributed by atoms with van der Waals surface area (Å²) in [5.74, 6) is -2.27. The number of hydrogen-bond acceptors (Lipinski definition) is 2. The van der Waals surface area contributed by atoms with Gasteiger partial charge >= 0.3 is 12.3 Å². The summed E-state index contributed by atoms with van der Waals surface area (Å²) in [7, 11) is 0. The molecule has 0 atom stereocenters. The van der Waals surface area contributed by atoms with Gasteiger partial charge in [-0.15, -0.1) is 13.2 Å². The molecule has 0 amide bonds. The van der Waals surface area contributed by atoms with E-state index in [4.69, 9.17) is 5.11 Å². The van der Waals surface area contributed by atoms with E-state index in [1.807, 2.05) is 0 Å². The Balaban J connectivity index is 2.38. The van der Waals surface area contributed by atoms with Crippen molar-refractivity contribution in [1.82, 2.24) is 0 Å². The monoisotopic (exact) mass is 326 g/mol. The first kappa shape index (κ1) is 16.5. The van der Waals surface area contributed by atoms with Crippen LogP contribution >= 0.6 is 0 Å². The smallest absolute Gasteiger partial charge is 0.478 e. The number of halogens is 4. The quantitative estimate of drug-likeness (QED) is 0.665. The number of benzene rings is 2. The molecule has 0 aliphatic heterocycles. The Morgan fingerprint density at radius 1 is 1.09 bits per heavy atom. The molecule has 0 bridgehead atoms. The number of carbonyl (C=O) groups is 1. The third-order valence-electron chi connectivity index (χ3n) is 2.74. The van der Waals surface area contributed by atoms with Gasteiger partial charge in [-0.1, -0.05) is 12.1 Å². The molecule has 0 saturated carbocycles. The van der Waals surface area contributed by atoms with Crippen LogP contribution in [0.15, 0.2) is 48.5 Å². The lowest BCUT2D eigenvalue weighted by Crippen LogP contribution is -2.17. The van der Waals surface area contributed by atoms with Gasteiger partial charge in [0, 0.05) is 6.08 Å². The fraction of sp³-hybridized carbons (Fsp3) is 0.0625. The molecule has 1 N–H and O–H groups in total. The summed E-state index contributed by atoms with van der Waals surface area (Å²) in [5.41, 5.74) is 0.864. The Kier molecular flexibility index (Phi) is 4.68. The number of carboxylic acids is 1. The van der Waals surface area contributed by atoms with Crippen LogP contribution in [0.25, 0.3) is 17.2 Å². The van der Waals surface area contributed by atoms with E-state index in [0.29, 0.717) is 11.1 Å². The summed E-state index contributed by atoms with van der Waals surface area (Å²) < 4.78 is 54.1. The minimum atomic E-state index is -4.82. The van der Waals surface area contributed by atoms with Crippen molar-refractivity contribution in [3.63, 3.8) is 0 Å². The van der Waals surface area contributed by atoms with Crippen LogP contribution in [0.2, 0.25) is 0 Å². The van der Waals surface area contributed by atoms with Gasteiger partial charge in [-0.3, -0.25) is 0 Å². The van der Waals surface area contributed by atoms with Gasteiger partial charge in [0.05, 0.1) is 0 Å². The first-order chi connectivity index (χ1) is 10.7. The summed E-state index contributed by atoms with van der Waals surface area (Å²) in [4.78, 5) is 10.5. The lowest BCUT2D eigenvalue weighted by molar-refractivity contribution is -0.274. The van der Waals surface area contributed by atoms with E-state index in [1.54, 1.807) is 0 Å². The standard InChI is InChI=1S/C16H10F4O3/c17-13-7-10(4-5-15(21)22)6-12(8-13)11-2-1-3-14(9-11)23-16(18,19)20/h1-9H,(H,21,22). The molecule has 0 heterocycles. The van der Waals surface area contributed by atoms with Crippen molar-refractivity contribution in [3.05, 3.63) is 59.9 Å². The van der Waals surface area contributed by atoms with E-state index < -0.39 is 23.9 Å². The fourth-order valence-corrected chi connectivity index (χ4v) is 1.92. The highest BCUT2D eigenvalue weighted by Gasteiger charge is 2.31. The fourth-order valence-electron chi connectivity index (χ4n) is 1.92. The van der Waals surface area contributed by atoms with Gasteiger partial charge in [-0.25, -0.2) is 9.18 Å². The van der Waals surface area contributed by atoms with Crippen LogP contribution in [0, 0.1) is 5.82 Å². The molecule has 0 unspecified atom stereocenters. The van der Waals surface area contributed by atoms with Gasteiger partial charge in [0.1, 0.15) is 11.6 Å².